The number of carboxylic acid groups (broad SMARTS) is 1. The van der Waals surface area contributed by atoms with Gasteiger partial charge in [-0.15, -0.1) is 0 Å². The third-order valence-corrected chi connectivity index (χ3v) is 4.30. The molecule has 1 aromatic rings. The van der Waals surface area contributed by atoms with Gasteiger partial charge in [0.05, 0.1) is 12.3 Å². The first-order valence-corrected chi connectivity index (χ1v) is 7.23. The number of benzene rings is 1. The predicted molar refractivity (Wildman–Crippen MR) is 76.6 cm³/mol. The van der Waals surface area contributed by atoms with Crippen LogP contribution in [0.15, 0.2) is 18.2 Å². The number of hydrogen-bond donors (Lipinski definition) is 1. The Morgan fingerprint density at radius 2 is 2.14 bits per heavy atom. The molecule has 114 valence electrons. The largest absolute Gasteiger partial charge is 0.481 e. The molecule has 0 saturated carbocycles. The smallest absolute Gasteiger partial charge is 0.308 e. The van der Waals surface area contributed by atoms with Crippen LogP contribution in [0, 0.1) is 11.7 Å². The van der Waals surface area contributed by atoms with Gasteiger partial charge in [0.25, 0.3) is 0 Å². The highest BCUT2D eigenvalue weighted by molar-refractivity contribution is 6.31. The standard InChI is InChI=1S/C15H17ClFNO3/c1-9-5-6-10(15(20)21)8-18(9)14(19)7-11-12(16)3-2-4-13(11)17/h2-4,9-10H,5-8H2,1H3,(H,20,21). The minimum atomic E-state index is -0.899. The lowest BCUT2D eigenvalue weighted by molar-refractivity contribution is -0.147. The Labute approximate surface area is 127 Å². The molecule has 21 heavy (non-hydrogen) atoms. The van der Waals surface area contributed by atoms with Crippen molar-refractivity contribution in [1.29, 1.82) is 0 Å². The lowest BCUT2D eigenvalue weighted by Gasteiger charge is -2.36. The van der Waals surface area contributed by atoms with Gasteiger partial charge in [-0.25, -0.2) is 4.39 Å². The molecule has 1 N–H and O–H groups in total. The van der Waals surface area contributed by atoms with Crippen LogP contribution in [-0.4, -0.2) is 34.5 Å². The minimum absolute atomic E-state index is 0.0429. The number of nitrogens with zero attached hydrogens (tertiary/aromatic N) is 1. The number of hydrogen-bond acceptors (Lipinski definition) is 2. The Morgan fingerprint density at radius 1 is 1.43 bits per heavy atom. The van der Waals surface area contributed by atoms with Crippen LogP contribution in [0.5, 0.6) is 0 Å². The first-order valence-electron chi connectivity index (χ1n) is 6.85. The molecule has 2 unspecified atom stereocenters. The highest BCUT2D eigenvalue weighted by Crippen LogP contribution is 2.25. The minimum Gasteiger partial charge on any atom is -0.481 e. The fraction of sp³-hybridized carbons (Fsp3) is 0.467. The Hall–Kier alpha value is -1.62. The number of rotatable bonds is 3. The van der Waals surface area contributed by atoms with Crippen molar-refractivity contribution in [2.24, 2.45) is 5.92 Å². The summed E-state index contributed by atoms with van der Waals surface area (Å²) in [6, 6.07) is 4.23. The maximum atomic E-state index is 13.7. The van der Waals surface area contributed by atoms with E-state index in [0.717, 1.165) is 0 Å². The fourth-order valence-corrected chi connectivity index (χ4v) is 2.84. The van der Waals surface area contributed by atoms with Crippen molar-refractivity contribution >= 4 is 23.5 Å². The summed E-state index contributed by atoms with van der Waals surface area (Å²) in [5, 5.41) is 9.29. The van der Waals surface area contributed by atoms with Crippen LogP contribution in [0.3, 0.4) is 0 Å². The number of aliphatic carboxylic acids is 1. The molecule has 2 atom stereocenters. The van der Waals surface area contributed by atoms with E-state index >= 15 is 0 Å². The Morgan fingerprint density at radius 3 is 2.76 bits per heavy atom. The molecule has 0 aliphatic carbocycles. The molecule has 1 amide bonds. The topological polar surface area (TPSA) is 57.6 Å². The monoisotopic (exact) mass is 313 g/mol. The molecule has 0 aromatic heterocycles. The number of carbonyl (C=O) groups excluding carboxylic acids is 1. The number of amides is 1. The molecule has 1 heterocycles. The molecule has 6 heteroatoms. The highest BCUT2D eigenvalue weighted by atomic mass is 35.5. The lowest BCUT2D eigenvalue weighted by Crippen LogP contribution is -2.48. The number of likely N-dealkylation sites (tertiary alicyclic amines) is 1. The summed E-state index contributed by atoms with van der Waals surface area (Å²) in [7, 11) is 0. The number of piperidine rings is 1. The maximum absolute atomic E-state index is 13.7. The van der Waals surface area contributed by atoms with Crippen LogP contribution in [0.2, 0.25) is 5.02 Å². The van der Waals surface area contributed by atoms with Crippen molar-refractivity contribution < 1.29 is 19.1 Å². The van der Waals surface area contributed by atoms with Gasteiger partial charge in [0.1, 0.15) is 5.82 Å². The molecule has 2 rings (SSSR count). The second kappa shape index (κ2) is 6.43. The summed E-state index contributed by atoms with van der Waals surface area (Å²) in [4.78, 5) is 25.0. The van der Waals surface area contributed by atoms with Crippen LogP contribution in [0.1, 0.15) is 25.3 Å². The van der Waals surface area contributed by atoms with Crippen molar-refractivity contribution in [3.63, 3.8) is 0 Å². The zero-order chi connectivity index (χ0) is 15.6. The zero-order valence-electron chi connectivity index (χ0n) is 11.7. The fourth-order valence-electron chi connectivity index (χ4n) is 2.61. The summed E-state index contributed by atoms with van der Waals surface area (Å²) in [6.45, 7) is 2.04. The molecule has 1 saturated heterocycles. The van der Waals surface area contributed by atoms with Gasteiger partial charge in [0.15, 0.2) is 0 Å². The van der Waals surface area contributed by atoms with E-state index in [1.54, 1.807) is 0 Å². The third-order valence-electron chi connectivity index (χ3n) is 3.94. The van der Waals surface area contributed by atoms with Crippen LogP contribution in [0.4, 0.5) is 4.39 Å². The van der Waals surface area contributed by atoms with Crippen LogP contribution < -0.4 is 0 Å². The summed E-state index contributed by atoms with van der Waals surface area (Å²) < 4.78 is 13.7. The number of halogens is 2. The highest BCUT2D eigenvalue weighted by Gasteiger charge is 2.32. The zero-order valence-corrected chi connectivity index (χ0v) is 12.4. The Balaban J connectivity index is 2.13. The van der Waals surface area contributed by atoms with Gasteiger partial charge in [-0.05, 0) is 31.9 Å². The van der Waals surface area contributed by atoms with Crippen LogP contribution in [-0.2, 0) is 16.0 Å². The predicted octanol–water partition coefficient (Wildman–Crippen LogP) is 2.73. The quantitative estimate of drug-likeness (QED) is 0.933. The van der Waals surface area contributed by atoms with Crippen molar-refractivity contribution in [3.05, 3.63) is 34.6 Å². The van der Waals surface area contributed by atoms with E-state index in [2.05, 4.69) is 0 Å². The van der Waals surface area contributed by atoms with Gasteiger partial charge in [0.2, 0.25) is 5.91 Å². The average molecular weight is 314 g/mol. The van der Waals surface area contributed by atoms with E-state index in [-0.39, 0.29) is 35.5 Å². The molecule has 4 nitrogen and oxygen atoms in total. The Bertz CT molecular complexity index is 544. The summed E-state index contributed by atoms with van der Waals surface area (Å²) in [6.07, 6.45) is 1.04. The van der Waals surface area contributed by atoms with Gasteiger partial charge >= 0.3 is 5.97 Å². The van der Waals surface area contributed by atoms with E-state index in [9.17, 15) is 14.0 Å². The van der Waals surface area contributed by atoms with Crippen LogP contribution in [0.25, 0.3) is 0 Å². The van der Waals surface area contributed by atoms with E-state index < -0.39 is 17.7 Å². The molecule has 0 spiro atoms. The first-order chi connectivity index (χ1) is 9.90. The van der Waals surface area contributed by atoms with Crippen molar-refractivity contribution in [2.45, 2.75) is 32.2 Å². The van der Waals surface area contributed by atoms with Gasteiger partial charge in [0, 0.05) is 23.2 Å². The van der Waals surface area contributed by atoms with Gasteiger partial charge in [-0.3, -0.25) is 9.59 Å². The molecule has 0 radical (unpaired) electrons. The van der Waals surface area contributed by atoms with E-state index in [0.29, 0.717) is 12.8 Å². The van der Waals surface area contributed by atoms with Crippen molar-refractivity contribution in [1.82, 2.24) is 4.90 Å². The third kappa shape index (κ3) is 3.53. The van der Waals surface area contributed by atoms with Gasteiger partial charge in [-0.2, -0.15) is 0 Å². The normalized spacial score (nSPS) is 22.1. The second-order valence-corrected chi connectivity index (χ2v) is 5.79. The molecule has 1 aliphatic heterocycles. The second-order valence-electron chi connectivity index (χ2n) is 5.38. The summed E-state index contributed by atoms with van der Waals surface area (Å²) >= 11 is 5.92. The number of carbonyl (C=O) groups is 2. The SMILES string of the molecule is CC1CCC(C(=O)O)CN1C(=O)Cc1c(F)cccc1Cl. The average Bonchev–Trinajstić information content (AvgIpc) is 2.43. The molecule has 1 aliphatic rings. The van der Waals surface area contributed by atoms with Gasteiger partial charge in [-0.1, -0.05) is 17.7 Å². The Kier molecular flexibility index (Phi) is 4.83. The van der Waals surface area contributed by atoms with E-state index in [1.165, 1.54) is 23.1 Å². The van der Waals surface area contributed by atoms with Gasteiger partial charge < -0.3 is 10.0 Å². The lowest BCUT2D eigenvalue weighted by atomic mass is 9.93. The summed E-state index contributed by atoms with van der Waals surface area (Å²) in [5.41, 5.74) is 0.161. The molecular formula is C15H17ClFNO3. The molecular weight excluding hydrogens is 297 g/mol. The van der Waals surface area contributed by atoms with Crippen LogP contribution >= 0.6 is 11.6 Å². The molecule has 1 fully saturated rings. The maximum Gasteiger partial charge on any atom is 0.308 e. The summed E-state index contributed by atoms with van der Waals surface area (Å²) in [5.74, 6) is -2.26. The molecule has 1 aromatic carbocycles. The van der Waals surface area contributed by atoms with Crippen molar-refractivity contribution in [2.75, 3.05) is 6.54 Å². The van der Waals surface area contributed by atoms with Crippen molar-refractivity contribution in [3.8, 4) is 0 Å². The molecule has 0 bridgehead atoms. The number of carboxylic acids is 1. The first kappa shape index (κ1) is 15.8. The van der Waals surface area contributed by atoms with E-state index in [4.69, 9.17) is 16.7 Å². The van der Waals surface area contributed by atoms with E-state index in [1.807, 2.05) is 6.92 Å².